The van der Waals surface area contributed by atoms with Gasteiger partial charge in [0.05, 0.1) is 36.3 Å². The Labute approximate surface area is 169 Å². The number of rotatable bonds is 6. The molecule has 0 spiro atoms. The number of sulfonamides is 1. The molecule has 1 heterocycles. The molecule has 1 fully saturated rings. The first-order valence-corrected chi connectivity index (χ1v) is 10.4. The molecule has 1 aliphatic rings. The van der Waals surface area contributed by atoms with Crippen LogP contribution in [0.3, 0.4) is 0 Å². The van der Waals surface area contributed by atoms with Crippen molar-refractivity contribution >= 4 is 22.0 Å². The third-order valence-electron chi connectivity index (χ3n) is 4.42. The molecule has 154 valence electrons. The minimum absolute atomic E-state index is 0.0793. The summed E-state index contributed by atoms with van der Waals surface area (Å²) in [6, 6.07) is 12.2. The van der Waals surface area contributed by atoms with Crippen molar-refractivity contribution < 1.29 is 32.2 Å². The molecule has 0 atom stereocenters. The fraction of sp³-hybridized carbons (Fsp3) is 0.300. The Balaban J connectivity index is 1.66. The zero-order chi connectivity index (χ0) is 20.9. The van der Waals surface area contributed by atoms with Crippen LogP contribution in [-0.4, -0.2) is 58.1 Å². The molecule has 29 heavy (non-hydrogen) atoms. The average molecular weight is 419 g/mol. The lowest BCUT2D eigenvalue weighted by Crippen LogP contribution is -2.40. The predicted octanol–water partition coefficient (Wildman–Crippen LogP) is 1.85. The van der Waals surface area contributed by atoms with Crippen molar-refractivity contribution in [2.75, 3.05) is 33.4 Å². The summed E-state index contributed by atoms with van der Waals surface area (Å²) < 4.78 is 41.9. The number of hydrogen-bond acceptors (Lipinski definition) is 7. The topological polar surface area (TPSA) is 99.2 Å². The van der Waals surface area contributed by atoms with Gasteiger partial charge < -0.3 is 14.2 Å². The number of carbonyl (C=O) groups is 2. The largest absolute Gasteiger partial charge is 0.465 e. The zero-order valence-electron chi connectivity index (χ0n) is 15.9. The highest BCUT2D eigenvalue weighted by Gasteiger charge is 2.26. The van der Waals surface area contributed by atoms with E-state index in [0.29, 0.717) is 37.4 Å². The molecule has 2 aromatic carbocycles. The van der Waals surface area contributed by atoms with Crippen LogP contribution in [0.15, 0.2) is 53.4 Å². The SMILES string of the molecule is COC(=O)c1ccc(C(=O)OCc2cccc(S(=O)(=O)N3CCOCC3)c2)cc1. The van der Waals surface area contributed by atoms with Crippen LogP contribution in [0.25, 0.3) is 0 Å². The predicted molar refractivity (Wildman–Crippen MR) is 103 cm³/mol. The fourth-order valence-electron chi connectivity index (χ4n) is 2.82. The Morgan fingerprint density at radius 1 is 1.00 bits per heavy atom. The summed E-state index contributed by atoms with van der Waals surface area (Å²) in [5.41, 5.74) is 1.15. The Bertz CT molecular complexity index is 980. The molecule has 3 rings (SSSR count). The maximum atomic E-state index is 12.7. The van der Waals surface area contributed by atoms with Crippen molar-refractivity contribution in [3.05, 3.63) is 65.2 Å². The van der Waals surface area contributed by atoms with Crippen LogP contribution in [-0.2, 0) is 30.8 Å². The summed E-state index contributed by atoms with van der Waals surface area (Å²) in [6.07, 6.45) is 0. The maximum Gasteiger partial charge on any atom is 0.338 e. The molecular weight excluding hydrogens is 398 g/mol. The van der Waals surface area contributed by atoms with E-state index < -0.39 is 22.0 Å². The van der Waals surface area contributed by atoms with Gasteiger partial charge in [-0.1, -0.05) is 12.1 Å². The smallest absolute Gasteiger partial charge is 0.338 e. The van der Waals surface area contributed by atoms with Crippen LogP contribution in [0.2, 0.25) is 0 Å². The van der Waals surface area contributed by atoms with E-state index in [9.17, 15) is 18.0 Å². The van der Waals surface area contributed by atoms with Crippen molar-refractivity contribution in [3.8, 4) is 0 Å². The highest BCUT2D eigenvalue weighted by molar-refractivity contribution is 7.89. The molecule has 0 radical (unpaired) electrons. The van der Waals surface area contributed by atoms with Crippen molar-refractivity contribution in [2.45, 2.75) is 11.5 Å². The highest BCUT2D eigenvalue weighted by atomic mass is 32.2. The summed E-state index contributed by atoms with van der Waals surface area (Å²) in [4.78, 5) is 23.8. The van der Waals surface area contributed by atoms with Crippen molar-refractivity contribution in [1.82, 2.24) is 4.31 Å². The van der Waals surface area contributed by atoms with Gasteiger partial charge in [0.1, 0.15) is 6.61 Å². The van der Waals surface area contributed by atoms with Gasteiger partial charge in [-0.15, -0.1) is 0 Å². The van der Waals surface area contributed by atoms with E-state index in [0.717, 1.165) is 0 Å². The minimum Gasteiger partial charge on any atom is -0.465 e. The molecule has 0 aliphatic carbocycles. The van der Waals surface area contributed by atoms with E-state index in [-0.39, 0.29) is 17.1 Å². The van der Waals surface area contributed by atoms with Gasteiger partial charge in [0.2, 0.25) is 10.0 Å². The van der Waals surface area contributed by atoms with Crippen LogP contribution in [0, 0.1) is 0 Å². The maximum absolute atomic E-state index is 12.7. The van der Waals surface area contributed by atoms with Crippen LogP contribution in [0.5, 0.6) is 0 Å². The second-order valence-corrected chi connectivity index (χ2v) is 8.25. The number of carbonyl (C=O) groups excluding carboxylic acids is 2. The highest BCUT2D eigenvalue weighted by Crippen LogP contribution is 2.19. The molecule has 0 aromatic heterocycles. The Morgan fingerprint density at radius 2 is 1.62 bits per heavy atom. The summed E-state index contributed by atoms with van der Waals surface area (Å²) in [6.45, 7) is 1.27. The molecule has 9 heteroatoms. The second kappa shape index (κ2) is 9.17. The molecule has 1 saturated heterocycles. The Morgan fingerprint density at radius 3 is 2.24 bits per heavy atom. The second-order valence-electron chi connectivity index (χ2n) is 6.31. The number of benzene rings is 2. The van der Waals surface area contributed by atoms with Crippen LogP contribution in [0.4, 0.5) is 0 Å². The van der Waals surface area contributed by atoms with Gasteiger partial charge in [0.15, 0.2) is 0 Å². The standard InChI is InChI=1S/C20H21NO7S/c1-26-19(22)16-5-7-17(8-6-16)20(23)28-14-15-3-2-4-18(13-15)29(24,25)21-9-11-27-12-10-21/h2-8,13H,9-12,14H2,1H3. The number of morpholine rings is 1. The molecule has 0 unspecified atom stereocenters. The number of methoxy groups -OCH3 is 1. The normalized spacial score (nSPS) is 14.9. The summed E-state index contributed by atoms with van der Waals surface area (Å²) >= 11 is 0. The number of hydrogen-bond donors (Lipinski definition) is 0. The first-order valence-electron chi connectivity index (χ1n) is 8.94. The summed E-state index contributed by atoms with van der Waals surface area (Å²) in [5, 5.41) is 0. The molecular formula is C20H21NO7S. The molecule has 0 saturated carbocycles. The number of nitrogens with zero attached hydrogens (tertiary/aromatic N) is 1. The lowest BCUT2D eigenvalue weighted by molar-refractivity contribution is 0.0471. The van der Waals surface area contributed by atoms with Crippen LogP contribution < -0.4 is 0 Å². The summed E-state index contributed by atoms with van der Waals surface area (Å²) in [5.74, 6) is -1.08. The van der Waals surface area contributed by atoms with E-state index in [4.69, 9.17) is 9.47 Å². The first-order chi connectivity index (χ1) is 13.9. The lowest BCUT2D eigenvalue weighted by atomic mass is 10.1. The third-order valence-corrected chi connectivity index (χ3v) is 6.31. The fourth-order valence-corrected chi connectivity index (χ4v) is 4.30. The van der Waals surface area contributed by atoms with E-state index in [2.05, 4.69) is 4.74 Å². The van der Waals surface area contributed by atoms with E-state index in [1.165, 1.54) is 47.8 Å². The number of esters is 2. The van der Waals surface area contributed by atoms with Gasteiger partial charge in [-0.2, -0.15) is 4.31 Å². The first kappa shape index (κ1) is 21.0. The molecule has 2 aromatic rings. The monoisotopic (exact) mass is 419 g/mol. The van der Waals surface area contributed by atoms with E-state index >= 15 is 0 Å². The Kier molecular flexibility index (Phi) is 6.63. The van der Waals surface area contributed by atoms with Crippen molar-refractivity contribution in [1.29, 1.82) is 0 Å². The average Bonchev–Trinajstić information content (AvgIpc) is 2.77. The van der Waals surface area contributed by atoms with Gasteiger partial charge in [0, 0.05) is 13.1 Å². The Hall–Kier alpha value is -2.75. The molecule has 8 nitrogen and oxygen atoms in total. The van der Waals surface area contributed by atoms with E-state index in [1.54, 1.807) is 12.1 Å². The van der Waals surface area contributed by atoms with Gasteiger partial charge in [0.25, 0.3) is 0 Å². The van der Waals surface area contributed by atoms with Gasteiger partial charge in [-0.25, -0.2) is 18.0 Å². The van der Waals surface area contributed by atoms with Gasteiger partial charge in [-0.3, -0.25) is 0 Å². The molecule has 0 amide bonds. The van der Waals surface area contributed by atoms with Crippen LogP contribution >= 0.6 is 0 Å². The number of ether oxygens (including phenoxy) is 3. The third kappa shape index (κ3) is 5.00. The minimum atomic E-state index is -3.62. The quantitative estimate of drug-likeness (QED) is 0.659. The van der Waals surface area contributed by atoms with Gasteiger partial charge >= 0.3 is 11.9 Å². The van der Waals surface area contributed by atoms with Gasteiger partial charge in [-0.05, 0) is 42.0 Å². The van der Waals surface area contributed by atoms with Crippen LogP contribution in [0.1, 0.15) is 26.3 Å². The molecule has 0 bridgehead atoms. The van der Waals surface area contributed by atoms with Crippen molar-refractivity contribution in [3.63, 3.8) is 0 Å². The zero-order valence-corrected chi connectivity index (χ0v) is 16.7. The molecule has 0 N–H and O–H groups in total. The molecule has 1 aliphatic heterocycles. The summed E-state index contributed by atoms with van der Waals surface area (Å²) in [7, 11) is -2.35. The lowest BCUT2D eigenvalue weighted by Gasteiger charge is -2.26. The van der Waals surface area contributed by atoms with Crippen molar-refractivity contribution in [2.24, 2.45) is 0 Å². The van der Waals surface area contributed by atoms with E-state index in [1.807, 2.05) is 0 Å².